The van der Waals surface area contributed by atoms with Crippen LogP contribution < -0.4 is 16.6 Å². The molecule has 1 unspecified atom stereocenters. The summed E-state index contributed by atoms with van der Waals surface area (Å²) in [5.41, 5.74) is -1.20. The number of H-pyrrole nitrogens is 2. The Bertz CT molecular complexity index is 505. The lowest BCUT2D eigenvalue weighted by Crippen LogP contribution is -2.52. The smallest absolute Gasteiger partial charge is 0.326 e. The molecular weight excluding hydrogens is 224 g/mol. The second-order valence-electron chi connectivity index (χ2n) is 4.05. The van der Waals surface area contributed by atoms with E-state index in [2.05, 4.69) is 10.3 Å². The summed E-state index contributed by atoms with van der Waals surface area (Å²) in [5, 5.41) is 3.16. The van der Waals surface area contributed by atoms with Gasteiger partial charge in [0.1, 0.15) is 5.69 Å². The molecule has 1 atom stereocenters. The molecule has 1 saturated heterocycles. The van der Waals surface area contributed by atoms with Gasteiger partial charge in [0, 0.05) is 31.7 Å². The third kappa shape index (κ3) is 2.44. The summed E-state index contributed by atoms with van der Waals surface area (Å²) in [5.74, 6) is -0.317. The fourth-order valence-electron chi connectivity index (χ4n) is 1.88. The normalized spacial score (nSPS) is 20.3. The van der Waals surface area contributed by atoms with Gasteiger partial charge in [0.15, 0.2) is 0 Å². The number of rotatable bonds is 1. The zero-order valence-corrected chi connectivity index (χ0v) is 9.45. The van der Waals surface area contributed by atoms with Gasteiger partial charge in [0.25, 0.3) is 11.5 Å². The molecule has 1 aromatic heterocycles. The van der Waals surface area contributed by atoms with Crippen LogP contribution in [0.4, 0.5) is 0 Å². The molecule has 1 aliphatic heterocycles. The molecule has 2 heterocycles. The Kier molecular flexibility index (Phi) is 3.10. The average Bonchev–Trinajstić information content (AvgIpc) is 2.27. The van der Waals surface area contributed by atoms with E-state index in [1.807, 2.05) is 11.9 Å². The quantitative estimate of drug-likeness (QED) is 0.554. The van der Waals surface area contributed by atoms with E-state index in [0.29, 0.717) is 19.6 Å². The second kappa shape index (κ2) is 4.54. The minimum atomic E-state index is -0.663. The number of carbonyl (C=O) groups excluding carboxylic acids is 1. The van der Waals surface area contributed by atoms with Crippen LogP contribution in [0.15, 0.2) is 15.7 Å². The number of nitrogens with one attached hydrogen (secondary N) is 3. The van der Waals surface area contributed by atoms with Gasteiger partial charge in [-0.3, -0.25) is 14.6 Å². The number of nitrogens with zero attached hydrogens (tertiary/aromatic N) is 1. The van der Waals surface area contributed by atoms with Crippen LogP contribution in [0, 0.1) is 0 Å². The highest BCUT2D eigenvalue weighted by Crippen LogP contribution is 2.06. The zero-order valence-electron chi connectivity index (χ0n) is 9.45. The molecule has 7 nitrogen and oxygen atoms in total. The number of hydrogen-bond donors (Lipinski definition) is 3. The Balaban J connectivity index is 2.30. The Hall–Kier alpha value is -1.89. The maximum absolute atomic E-state index is 12.1. The third-order valence-electron chi connectivity index (χ3n) is 2.75. The van der Waals surface area contributed by atoms with Crippen molar-refractivity contribution in [1.82, 2.24) is 20.2 Å². The summed E-state index contributed by atoms with van der Waals surface area (Å²) in [4.78, 5) is 40.3. The van der Waals surface area contributed by atoms with E-state index in [9.17, 15) is 14.4 Å². The first-order valence-corrected chi connectivity index (χ1v) is 5.43. The predicted molar refractivity (Wildman–Crippen MR) is 61.1 cm³/mol. The predicted octanol–water partition coefficient (Wildman–Crippen LogP) is -1.50. The van der Waals surface area contributed by atoms with Crippen LogP contribution in [-0.4, -0.2) is 46.5 Å². The highest BCUT2D eigenvalue weighted by atomic mass is 16.2. The SMILES string of the molecule is CC1CNCCN1C(=O)c1cc(=O)[nH]c(=O)[nH]1. The molecule has 0 aromatic carbocycles. The number of hydrogen-bond acceptors (Lipinski definition) is 4. The standard InChI is InChI=1S/C10H14N4O3/c1-6-5-11-2-3-14(6)9(16)7-4-8(15)13-10(17)12-7/h4,6,11H,2-3,5H2,1H3,(H2,12,13,15,17). The van der Waals surface area contributed by atoms with Crippen molar-refractivity contribution in [3.05, 3.63) is 32.6 Å². The van der Waals surface area contributed by atoms with E-state index in [4.69, 9.17) is 0 Å². The first-order chi connectivity index (χ1) is 8.08. The highest BCUT2D eigenvalue weighted by Gasteiger charge is 2.24. The van der Waals surface area contributed by atoms with Gasteiger partial charge in [-0.15, -0.1) is 0 Å². The van der Waals surface area contributed by atoms with Gasteiger partial charge >= 0.3 is 5.69 Å². The molecule has 92 valence electrons. The molecule has 1 fully saturated rings. The van der Waals surface area contributed by atoms with E-state index in [-0.39, 0.29) is 17.6 Å². The zero-order chi connectivity index (χ0) is 12.4. The van der Waals surface area contributed by atoms with Crippen LogP contribution >= 0.6 is 0 Å². The molecule has 0 aliphatic carbocycles. The van der Waals surface area contributed by atoms with Crippen LogP contribution in [0.3, 0.4) is 0 Å². The van der Waals surface area contributed by atoms with Crippen molar-refractivity contribution >= 4 is 5.91 Å². The molecule has 1 amide bonds. The van der Waals surface area contributed by atoms with E-state index in [0.717, 1.165) is 6.07 Å². The minimum absolute atomic E-state index is 0.0347. The lowest BCUT2D eigenvalue weighted by atomic mass is 10.2. The van der Waals surface area contributed by atoms with Crippen molar-refractivity contribution < 1.29 is 4.79 Å². The van der Waals surface area contributed by atoms with Crippen LogP contribution in [-0.2, 0) is 0 Å². The van der Waals surface area contributed by atoms with Crippen molar-refractivity contribution in [3.63, 3.8) is 0 Å². The summed E-state index contributed by atoms with van der Waals surface area (Å²) in [6.07, 6.45) is 0. The second-order valence-corrected chi connectivity index (χ2v) is 4.05. The van der Waals surface area contributed by atoms with Crippen molar-refractivity contribution in [2.24, 2.45) is 0 Å². The van der Waals surface area contributed by atoms with Gasteiger partial charge in [-0.1, -0.05) is 0 Å². The summed E-state index contributed by atoms with van der Waals surface area (Å²) in [6.45, 7) is 3.90. The molecule has 0 radical (unpaired) electrons. The Morgan fingerprint density at radius 3 is 2.82 bits per heavy atom. The van der Waals surface area contributed by atoms with E-state index < -0.39 is 11.2 Å². The van der Waals surface area contributed by atoms with E-state index in [1.54, 1.807) is 4.90 Å². The van der Waals surface area contributed by atoms with Crippen LogP contribution in [0.2, 0.25) is 0 Å². The fourth-order valence-corrected chi connectivity index (χ4v) is 1.88. The molecule has 7 heteroatoms. The Labute approximate surface area is 96.8 Å². The molecule has 0 saturated carbocycles. The van der Waals surface area contributed by atoms with Gasteiger partial charge in [-0.05, 0) is 6.92 Å². The van der Waals surface area contributed by atoms with E-state index >= 15 is 0 Å². The summed E-state index contributed by atoms with van der Waals surface area (Å²) in [6, 6.07) is 1.15. The number of carbonyl (C=O) groups is 1. The largest absolute Gasteiger partial charge is 0.332 e. The van der Waals surface area contributed by atoms with Gasteiger partial charge in [0.05, 0.1) is 0 Å². The molecule has 0 bridgehead atoms. The molecule has 1 aromatic rings. The molecular formula is C10H14N4O3. The van der Waals surface area contributed by atoms with Crippen molar-refractivity contribution in [2.75, 3.05) is 19.6 Å². The van der Waals surface area contributed by atoms with Gasteiger partial charge in [0.2, 0.25) is 0 Å². The summed E-state index contributed by atoms with van der Waals surface area (Å²) in [7, 11) is 0. The lowest BCUT2D eigenvalue weighted by molar-refractivity contribution is 0.0649. The summed E-state index contributed by atoms with van der Waals surface area (Å²) < 4.78 is 0. The molecule has 2 rings (SSSR count). The van der Waals surface area contributed by atoms with Crippen molar-refractivity contribution in [1.29, 1.82) is 0 Å². The maximum atomic E-state index is 12.1. The van der Waals surface area contributed by atoms with Crippen LogP contribution in [0.1, 0.15) is 17.4 Å². The maximum Gasteiger partial charge on any atom is 0.326 e. The van der Waals surface area contributed by atoms with Gasteiger partial charge in [-0.2, -0.15) is 0 Å². The number of piperazine rings is 1. The van der Waals surface area contributed by atoms with Crippen molar-refractivity contribution in [2.45, 2.75) is 13.0 Å². The highest BCUT2D eigenvalue weighted by molar-refractivity contribution is 5.92. The number of amides is 1. The Morgan fingerprint density at radius 1 is 1.41 bits per heavy atom. The third-order valence-corrected chi connectivity index (χ3v) is 2.75. The topological polar surface area (TPSA) is 98.1 Å². The van der Waals surface area contributed by atoms with Gasteiger partial charge in [-0.25, -0.2) is 4.79 Å². The average molecular weight is 238 g/mol. The molecule has 0 spiro atoms. The minimum Gasteiger partial charge on any atom is -0.332 e. The molecule has 17 heavy (non-hydrogen) atoms. The molecule has 3 N–H and O–H groups in total. The Morgan fingerprint density at radius 2 is 2.18 bits per heavy atom. The number of aromatic amines is 2. The van der Waals surface area contributed by atoms with Gasteiger partial charge < -0.3 is 15.2 Å². The lowest BCUT2D eigenvalue weighted by Gasteiger charge is -2.33. The van der Waals surface area contributed by atoms with Crippen molar-refractivity contribution in [3.8, 4) is 0 Å². The monoisotopic (exact) mass is 238 g/mol. The van der Waals surface area contributed by atoms with Crippen LogP contribution in [0.25, 0.3) is 0 Å². The number of aromatic nitrogens is 2. The first-order valence-electron chi connectivity index (χ1n) is 5.43. The fraction of sp³-hybridized carbons (Fsp3) is 0.500. The summed E-state index contributed by atoms with van der Waals surface area (Å²) >= 11 is 0. The van der Waals surface area contributed by atoms with E-state index in [1.165, 1.54) is 0 Å². The van der Waals surface area contributed by atoms with Crippen LogP contribution in [0.5, 0.6) is 0 Å². The first kappa shape index (κ1) is 11.6. The molecule has 1 aliphatic rings.